The van der Waals surface area contributed by atoms with Gasteiger partial charge in [-0.1, -0.05) is 15.9 Å². The molecule has 1 aromatic carbocycles. The summed E-state index contributed by atoms with van der Waals surface area (Å²) in [4.78, 5) is 22.3. The molecule has 16 heavy (non-hydrogen) atoms. The highest BCUT2D eigenvalue weighted by atomic mass is 79.9. The molecule has 1 aromatic rings. The summed E-state index contributed by atoms with van der Waals surface area (Å²) in [6.07, 6.45) is 0. The van der Waals surface area contributed by atoms with E-state index in [4.69, 9.17) is 0 Å². The van der Waals surface area contributed by atoms with Crippen LogP contribution in [0.4, 0.5) is 0 Å². The van der Waals surface area contributed by atoms with E-state index in [9.17, 15) is 9.59 Å². The van der Waals surface area contributed by atoms with Crippen molar-refractivity contribution in [2.75, 3.05) is 6.61 Å². The summed E-state index contributed by atoms with van der Waals surface area (Å²) in [5, 5.41) is 0. The lowest BCUT2D eigenvalue weighted by molar-refractivity contribution is -0.136. The van der Waals surface area contributed by atoms with Gasteiger partial charge in [-0.25, -0.2) is 4.79 Å². The lowest BCUT2D eigenvalue weighted by Gasteiger charge is -1.94. The number of carbonyl (C=O) groups excluding carboxylic acids is 2. The van der Waals surface area contributed by atoms with E-state index in [0.29, 0.717) is 5.56 Å². The van der Waals surface area contributed by atoms with Crippen molar-refractivity contribution in [2.24, 2.45) is 0 Å². The molecular weight excluding hydrogens is 272 g/mol. The van der Waals surface area contributed by atoms with E-state index >= 15 is 0 Å². The summed E-state index contributed by atoms with van der Waals surface area (Å²) < 4.78 is 5.45. The van der Waals surface area contributed by atoms with Gasteiger partial charge in [0.25, 0.3) is 0 Å². The first kappa shape index (κ1) is 12.5. The van der Waals surface area contributed by atoms with Crippen molar-refractivity contribution in [3.8, 4) is 11.8 Å². The molecule has 0 fully saturated rings. The lowest BCUT2D eigenvalue weighted by atomic mass is 10.1. The quantitative estimate of drug-likeness (QED) is 0.274. The van der Waals surface area contributed by atoms with E-state index in [0.717, 1.165) is 4.47 Å². The van der Waals surface area contributed by atoms with Crippen molar-refractivity contribution >= 4 is 27.7 Å². The minimum Gasteiger partial charge on any atom is -0.456 e. The van der Waals surface area contributed by atoms with Gasteiger partial charge in [0.1, 0.15) is 0 Å². The van der Waals surface area contributed by atoms with Gasteiger partial charge in [0.05, 0.1) is 6.61 Å². The van der Waals surface area contributed by atoms with E-state index in [2.05, 4.69) is 32.5 Å². The third-order valence-corrected chi connectivity index (χ3v) is 2.19. The van der Waals surface area contributed by atoms with Crippen LogP contribution in [0.15, 0.2) is 28.7 Å². The summed E-state index contributed by atoms with van der Waals surface area (Å²) in [5.74, 6) is 3.26. The Morgan fingerprint density at radius 1 is 1.25 bits per heavy atom. The summed E-state index contributed by atoms with van der Waals surface area (Å²) in [6.45, 7) is 1.93. The van der Waals surface area contributed by atoms with Crippen LogP contribution in [-0.2, 0) is 9.53 Å². The number of Topliss-reactive ketones (excluding diaryl/α,β-unsaturated/α-hetero) is 1. The first-order valence-corrected chi connectivity index (χ1v) is 5.41. The molecule has 0 aliphatic heterocycles. The zero-order valence-corrected chi connectivity index (χ0v) is 10.2. The van der Waals surface area contributed by atoms with Crippen LogP contribution in [0.1, 0.15) is 17.3 Å². The van der Waals surface area contributed by atoms with Gasteiger partial charge in [0, 0.05) is 16.0 Å². The molecule has 0 amide bonds. The number of halogens is 1. The molecule has 0 N–H and O–H groups in total. The molecule has 0 radical (unpaired) electrons. The van der Waals surface area contributed by atoms with Crippen LogP contribution in [0.3, 0.4) is 0 Å². The second-order valence-corrected chi connectivity index (χ2v) is 3.72. The van der Waals surface area contributed by atoms with Gasteiger partial charge in [-0.15, -0.1) is 0 Å². The number of ether oxygens (including phenoxy) is 1. The Labute approximate surface area is 102 Å². The standard InChI is InChI=1S/C12H9BrO3/c1-2-16-12(15)8-7-11(14)9-3-5-10(13)6-4-9/h3-6H,2H2,1H3. The fraction of sp³-hybridized carbons (Fsp3) is 0.167. The van der Waals surface area contributed by atoms with Crippen LogP contribution >= 0.6 is 15.9 Å². The highest BCUT2D eigenvalue weighted by Crippen LogP contribution is 2.10. The molecule has 0 saturated heterocycles. The van der Waals surface area contributed by atoms with Gasteiger partial charge in [0.15, 0.2) is 0 Å². The molecule has 4 heteroatoms. The predicted octanol–water partition coefficient (Wildman–Crippen LogP) is 2.20. The molecule has 0 bridgehead atoms. The van der Waals surface area contributed by atoms with Crippen molar-refractivity contribution in [2.45, 2.75) is 6.92 Å². The Hall–Kier alpha value is -1.60. The van der Waals surface area contributed by atoms with Gasteiger partial charge in [0.2, 0.25) is 5.78 Å². The smallest absolute Gasteiger partial charge is 0.384 e. The molecule has 0 aliphatic carbocycles. The number of carbonyl (C=O) groups is 2. The summed E-state index contributed by atoms with van der Waals surface area (Å²) in [5.41, 5.74) is 0.444. The number of esters is 1. The number of rotatable bonds is 2. The highest BCUT2D eigenvalue weighted by Gasteiger charge is 2.02. The molecule has 1 rings (SSSR count). The van der Waals surface area contributed by atoms with Gasteiger partial charge in [-0.2, -0.15) is 0 Å². The fourth-order valence-electron chi connectivity index (χ4n) is 0.948. The van der Waals surface area contributed by atoms with Crippen LogP contribution in [0.5, 0.6) is 0 Å². The van der Waals surface area contributed by atoms with Gasteiger partial charge >= 0.3 is 5.97 Å². The number of benzene rings is 1. The monoisotopic (exact) mass is 280 g/mol. The van der Waals surface area contributed by atoms with Crippen LogP contribution in [0.2, 0.25) is 0 Å². The number of ketones is 1. The molecular formula is C12H9BrO3. The first-order valence-electron chi connectivity index (χ1n) is 4.62. The predicted molar refractivity (Wildman–Crippen MR) is 62.9 cm³/mol. The molecule has 0 unspecified atom stereocenters. The van der Waals surface area contributed by atoms with Crippen molar-refractivity contribution in [1.82, 2.24) is 0 Å². The zero-order chi connectivity index (χ0) is 12.0. The number of hydrogen-bond donors (Lipinski definition) is 0. The fourth-order valence-corrected chi connectivity index (χ4v) is 1.21. The van der Waals surface area contributed by atoms with E-state index in [1.54, 1.807) is 31.2 Å². The minimum absolute atomic E-state index is 0.250. The van der Waals surface area contributed by atoms with Crippen LogP contribution in [0, 0.1) is 11.8 Å². The van der Waals surface area contributed by atoms with E-state index < -0.39 is 11.8 Å². The Bertz CT molecular complexity index is 451. The Morgan fingerprint density at radius 3 is 2.44 bits per heavy atom. The van der Waals surface area contributed by atoms with Crippen LogP contribution < -0.4 is 0 Å². The van der Waals surface area contributed by atoms with Crippen LogP contribution in [0.25, 0.3) is 0 Å². The van der Waals surface area contributed by atoms with Gasteiger partial charge < -0.3 is 4.74 Å². The van der Waals surface area contributed by atoms with E-state index in [-0.39, 0.29) is 6.61 Å². The molecule has 82 valence electrons. The van der Waals surface area contributed by atoms with Crippen LogP contribution in [-0.4, -0.2) is 18.4 Å². The Kier molecular flexibility index (Phi) is 4.74. The normalized spacial score (nSPS) is 8.88. The molecule has 0 aromatic heterocycles. The molecule has 0 heterocycles. The summed E-state index contributed by atoms with van der Waals surface area (Å²) in [7, 11) is 0. The maximum atomic E-state index is 11.5. The first-order chi connectivity index (χ1) is 7.63. The molecule has 3 nitrogen and oxygen atoms in total. The maximum absolute atomic E-state index is 11.5. The van der Waals surface area contributed by atoms with E-state index in [1.807, 2.05) is 0 Å². The topological polar surface area (TPSA) is 43.4 Å². The Balaban J connectivity index is 2.72. The second-order valence-electron chi connectivity index (χ2n) is 2.81. The average molecular weight is 281 g/mol. The highest BCUT2D eigenvalue weighted by molar-refractivity contribution is 9.10. The van der Waals surface area contributed by atoms with Crippen molar-refractivity contribution in [3.63, 3.8) is 0 Å². The molecule has 0 saturated carbocycles. The third-order valence-electron chi connectivity index (χ3n) is 1.66. The third kappa shape index (κ3) is 3.87. The average Bonchev–Trinajstić information content (AvgIpc) is 2.27. The lowest BCUT2D eigenvalue weighted by Crippen LogP contribution is -2.01. The molecule has 0 spiro atoms. The SMILES string of the molecule is CCOC(=O)C#CC(=O)c1ccc(Br)cc1. The zero-order valence-electron chi connectivity index (χ0n) is 8.62. The molecule has 0 atom stereocenters. The summed E-state index contributed by atoms with van der Waals surface area (Å²) in [6, 6.07) is 6.73. The maximum Gasteiger partial charge on any atom is 0.384 e. The van der Waals surface area contributed by atoms with Crippen molar-refractivity contribution < 1.29 is 14.3 Å². The largest absolute Gasteiger partial charge is 0.456 e. The second kappa shape index (κ2) is 6.09. The van der Waals surface area contributed by atoms with Gasteiger partial charge in [-0.3, -0.25) is 4.79 Å². The minimum atomic E-state index is -0.687. The molecule has 0 aliphatic rings. The number of hydrogen-bond acceptors (Lipinski definition) is 3. The van der Waals surface area contributed by atoms with Crippen molar-refractivity contribution in [3.05, 3.63) is 34.3 Å². The summed E-state index contributed by atoms with van der Waals surface area (Å²) >= 11 is 3.26. The van der Waals surface area contributed by atoms with E-state index in [1.165, 1.54) is 0 Å². The van der Waals surface area contributed by atoms with Crippen molar-refractivity contribution in [1.29, 1.82) is 0 Å². The Morgan fingerprint density at radius 2 is 1.88 bits per heavy atom. The van der Waals surface area contributed by atoms with Gasteiger partial charge in [-0.05, 0) is 37.1 Å².